The van der Waals surface area contributed by atoms with Crippen LogP contribution in [-0.2, 0) is 12.7 Å². The first kappa shape index (κ1) is 24.6. The van der Waals surface area contributed by atoms with Crippen molar-refractivity contribution < 1.29 is 13.2 Å². The van der Waals surface area contributed by atoms with Crippen molar-refractivity contribution in [2.75, 3.05) is 18.4 Å². The molecule has 1 aliphatic heterocycles. The minimum Gasteiger partial charge on any atom is -0.368 e. The van der Waals surface area contributed by atoms with Gasteiger partial charge < -0.3 is 5.32 Å². The molecule has 0 bridgehead atoms. The van der Waals surface area contributed by atoms with Gasteiger partial charge in [-0.15, -0.1) is 0 Å². The molecule has 0 saturated carbocycles. The smallest absolute Gasteiger partial charge is 0.368 e. The molecular weight excluding hydrogens is 529 g/mol. The molecule has 4 nitrogen and oxygen atoms in total. The highest BCUT2D eigenvalue weighted by Gasteiger charge is 2.30. The number of halogens is 4. The van der Waals surface area contributed by atoms with E-state index in [9.17, 15) is 13.2 Å². The Labute approximate surface area is 216 Å². The highest BCUT2D eigenvalue weighted by atomic mass is 79.9. The average Bonchev–Trinajstić information content (AvgIpc) is 3.25. The number of fused-ring (bicyclic) bond motifs is 1. The molecule has 36 heavy (non-hydrogen) atoms. The second kappa shape index (κ2) is 10.1. The summed E-state index contributed by atoms with van der Waals surface area (Å²) in [6.07, 6.45) is 1.29. The third kappa shape index (κ3) is 5.20. The third-order valence-corrected chi connectivity index (χ3v) is 7.25. The molecule has 2 aromatic heterocycles. The number of anilines is 1. The Balaban J connectivity index is 1.32. The Kier molecular flexibility index (Phi) is 6.90. The van der Waals surface area contributed by atoms with Gasteiger partial charge in [0.25, 0.3) is 0 Å². The van der Waals surface area contributed by atoms with E-state index in [0.29, 0.717) is 12.1 Å². The zero-order valence-electron chi connectivity index (χ0n) is 19.6. The molecule has 0 unspecified atom stereocenters. The van der Waals surface area contributed by atoms with Gasteiger partial charge in [-0.2, -0.15) is 13.2 Å². The molecule has 5 rings (SSSR count). The predicted molar refractivity (Wildman–Crippen MR) is 142 cm³/mol. The summed E-state index contributed by atoms with van der Waals surface area (Å²) < 4.78 is 42.1. The summed E-state index contributed by atoms with van der Waals surface area (Å²) in [5.41, 5.74) is 3.82. The molecule has 8 heteroatoms. The average molecular weight is 555 g/mol. The third-order valence-electron chi connectivity index (χ3n) is 6.63. The SMILES string of the molecule is C=Cc1ccccc1-c1cc(NC2CCN(Cc3cccc(C(F)(F)F)c3)CC2)n2ccc(Br)c2n1. The monoisotopic (exact) mass is 554 g/mol. The summed E-state index contributed by atoms with van der Waals surface area (Å²) in [5, 5.41) is 3.70. The van der Waals surface area contributed by atoms with Gasteiger partial charge >= 0.3 is 6.18 Å². The largest absolute Gasteiger partial charge is 0.416 e. The molecule has 0 spiro atoms. The van der Waals surface area contributed by atoms with Crippen LogP contribution in [-0.4, -0.2) is 33.4 Å². The van der Waals surface area contributed by atoms with Crippen molar-refractivity contribution >= 4 is 33.5 Å². The molecule has 2 aromatic carbocycles. The van der Waals surface area contributed by atoms with Crippen molar-refractivity contribution in [3.8, 4) is 11.3 Å². The van der Waals surface area contributed by atoms with E-state index in [4.69, 9.17) is 4.98 Å². The Bertz CT molecular complexity index is 1390. The van der Waals surface area contributed by atoms with Crippen LogP contribution in [0.5, 0.6) is 0 Å². The molecule has 1 N–H and O–H groups in total. The van der Waals surface area contributed by atoms with Crippen molar-refractivity contribution in [3.63, 3.8) is 0 Å². The van der Waals surface area contributed by atoms with Gasteiger partial charge in [-0.25, -0.2) is 4.98 Å². The summed E-state index contributed by atoms with van der Waals surface area (Å²) in [4.78, 5) is 7.11. The fraction of sp³-hybridized carbons (Fsp3) is 0.250. The number of nitrogens with one attached hydrogen (secondary N) is 1. The molecule has 0 atom stereocenters. The lowest BCUT2D eigenvalue weighted by Gasteiger charge is -2.33. The van der Waals surface area contributed by atoms with E-state index in [-0.39, 0.29) is 6.04 Å². The zero-order chi connectivity index (χ0) is 25.3. The van der Waals surface area contributed by atoms with E-state index in [1.54, 1.807) is 6.07 Å². The lowest BCUT2D eigenvalue weighted by atomic mass is 10.0. The molecule has 0 aliphatic carbocycles. The van der Waals surface area contributed by atoms with Gasteiger partial charge in [-0.05, 0) is 52.0 Å². The van der Waals surface area contributed by atoms with Crippen LogP contribution in [0.3, 0.4) is 0 Å². The second-order valence-electron chi connectivity index (χ2n) is 9.07. The maximum Gasteiger partial charge on any atom is 0.416 e. The molecule has 4 aromatic rings. The van der Waals surface area contributed by atoms with Crippen LogP contribution in [0.2, 0.25) is 0 Å². The van der Waals surface area contributed by atoms with Crippen molar-refractivity contribution in [2.45, 2.75) is 31.6 Å². The maximum absolute atomic E-state index is 13.1. The number of hydrogen-bond acceptors (Lipinski definition) is 3. The van der Waals surface area contributed by atoms with E-state index in [0.717, 1.165) is 64.8 Å². The standard InChI is InChI=1S/C28H26BrF3N4/c1-2-20-7-3-4-9-23(20)25-17-26(36-15-12-24(29)27(36)34-25)33-22-10-13-35(14-11-22)18-19-6-5-8-21(16-19)28(30,31)32/h2-9,12,15-17,22,33H,1,10-11,13-14,18H2. The number of alkyl halides is 3. The molecule has 0 radical (unpaired) electrons. The Morgan fingerprint density at radius 3 is 2.58 bits per heavy atom. The van der Waals surface area contributed by atoms with Gasteiger partial charge in [0.1, 0.15) is 5.82 Å². The number of likely N-dealkylation sites (tertiary alicyclic amines) is 1. The molecule has 1 saturated heterocycles. The molecule has 1 aliphatic rings. The van der Waals surface area contributed by atoms with E-state index < -0.39 is 11.7 Å². The van der Waals surface area contributed by atoms with E-state index in [2.05, 4.69) is 38.8 Å². The van der Waals surface area contributed by atoms with Gasteiger partial charge in [-0.1, -0.05) is 55.1 Å². The van der Waals surface area contributed by atoms with Crippen molar-refractivity contribution in [1.82, 2.24) is 14.3 Å². The van der Waals surface area contributed by atoms with Crippen LogP contribution in [0, 0.1) is 0 Å². The van der Waals surface area contributed by atoms with Crippen LogP contribution in [0.15, 0.2) is 77.9 Å². The van der Waals surface area contributed by atoms with E-state index in [1.807, 2.05) is 47.0 Å². The summed E-state index contributed by atoms with van der Waals surface area (Å²) in [6, 6.07) is 18.0. The lowest BCUT2D eigenvalue weighted by molar-refractivity contribution is -0.137. The highest BCUT2D eigenvalue weighted by Crippen LogP contribution is 2.32. The van der Waals surface area contributed by atoms with Crippen molar-refractivity contribution in [3.05, 3.63) is 94.6 Å². The Morgan fingerprint density at radius 1 is 1.06 bits per heavy atom. The van der Waals surface area contributed by atoms with E-state index in [1.165, 1.54) is 12.1 Å². The fourth-order valence-corrected chi connectivity index (χ4v) is 5.15. The predicted octanol–water partition coefficient (Wildman–Crippen LogP) is 7.50. The van der Waals surface area contributed by atoms with Crippen molar-refractivity contribution in [2.24, 2.45) is 0 Å². The molecular formula is C28H26BrF3N4. The first-order valence-corrected chi connectivity index (χ1v) is 12.7. The molecule has 1 fully saturated rings. The lowest BCUT2D eigenvalue weighted by Crippen LogP contribution is -2.39. The van der Waals surface area contributed by atoms with Crippen LogP contribution in [0.4, 0.5) is 19.0 Å². The van der Waals surface area contributed by atoms with Gasteiger partial charge in [0.2, 0.25) is 0 Å². The molecule has 0 amide bonds. The summed E-state index contributed by atoms with van der Waals surface area (Å²) in [7, 11) is 0. The zero-order valence-corrected chi connectivity index (χ0v) is 21.2. The van der Waals surface area contributed by atoms with Crippen molar-refractivity contribution in [1.29, 1.82) is 0 Å². The van der Waals surface area contributed by atoms with E-state index >= 15 is 0 Å². The fourth-order valence-electron chi connectivity index (χ4n) is 4.75. The maximum atomic E-state index is 13.1. The first-order chi connectivity index (χ1) is 17.3. The van der Waals surface area contributed by atoms with Crippen LogP contribution >= 0.6 is 15.9 Å². The van der Waals surface area contributed by atoms with Crippen LogP contribution < -0.4 is 5.32 Å². The van der Waals surface area contributed by atoms with Crippen LogP contribution in [0.1, 0.15) is 29.5 Å². The van der Waals surface area contributed by atoms with Gasteiger partial charge in [0, 0.05) is 43.5 Å². The van der Waals surface area contributed by atoms with Crippen LogP contribution in [0.25, 0.3) is 23.0 Å². The first-order valence-electron chi connectivity index (χ1n) is 11.9. The number of aromatic nitrogens is 2. The Hall–Kier alpha value is -3.10. The van der Waals surface area contributed by atoms with Gasteiger partial charge in [-0.3, -0.25) is 9.30 Å². The normalized spacial score (nSPS) is 15.3. The number of rotatable bonds is 6. The second-order valence-corrected chi connectivity index (χ2v) is 9.92. The summed E-state index contributed by atoms with van der Waals surface area (Å²) in [5.74, 6) is 0.955. The molecule has 3 heterocycles. The Morgan fingerprint density at radius 2 is 1.83 bits per heavy atom. The summed E-state index contributed by atoms with van der Waals surface area (Å²) in [6.45, 7) is 6.07. The minimum atomic E-state index is -4.32. The summed E-state index contributed by atoms with van der Waals surface area (Å²) >= 11 is 3.62. The minimum absolute atomic E-state index is 0.247. The number of nitrogens with zero attached hydrogens (tertiary/aromatic N) is 3. The number of piperidine rings is 1. The quantitative estimate of drug-likeness (QED) is 0.268. The highest BCUT2D eigenvalue weighted by molar-refractivity contribution is 9.10. The molecule has 186 valence electrons. The number of hydrogen-bond donors (Lipinski definition) is 1. The number of benzene rings is 2. The topological polar surface area (TPSA) is 32.6 Å². The van der Waals surface area contributed by atoms with Gasteiger partial charge in [0.05, 0.1) is 15.7 Å². The van der Waals surface area contributed by atoms with Gasteiger partial charge in [0.15, 0.2) is 5.65 Å².